The van der Waals surface area contributed by atoms with Gasteiger partial charge in [0.1, 0.15) is 0 Å². The third-order valence-corrected chi connectivity index (χ3v) is 5.22. The Balaban J connectivity index is 1.84. The first kappa shape index (κ1) is 13.4. The Hall–Kier alpha value is 0.380. The van der Waals surface area contributed by atoms with Gasteiger partial charge in [0.25, 0.3) is 0 Å². The molecule has 0 saturated carbocycles. The van der Waals surface area contributed by atoms with Crippen molar-refractivity contribution in [3.05, 3.63) is 25.0 Å². The summed E-state index contributed by atoms with van der Waals surface area (Å²) in [5.74, 6) is 0. The van der Waals surface area contributed by atoms with Gasteiger partial charge in [-0.1, -0.05) is 15.9 Å². The lowest BCUT2D eigenvalue weighted by atomic mass is 10.1. The van der Waals surface area contributed by atoms with Gasteiger partial charge in [-0.3, -0.25) is 0 Å². The summed E-state index contributed by atoms with van der Waals surface area (Å²) in [4.78, 5) is 0. The summed E-state index contributed by atoms with van der Waals surface area (Å²) in [5, 5.41) is 3.42. The zero-order chi connectivity index (χ0) is 12.7. The molecule has 0 spiro atoms. The van der Waals surface area contributed by atoms with Gasteiger partial charge >= 0.3 is 0 Å². The van der Waals surface area contributed by atoms with E-state index in [1.54, 1.807) is 0 Å². The number of halogens is 3. The lowest BCUT2D eigenvalue weighted by Gasteiger charge is -2.15. The largest absolute Gasteiger partial charge is 0.381 e. The number of epoxide rings is 2. The molecule has 2 aliphatic rings. The van der Waals surface area contributed by atoms with Gasteiger partial charge < -0.3 is 14.8 Å². The van der Waals surface area contributed by atoms with Crippen molar-refractivity contribution in [2.24, 2.45) is 0 Å². The van der Waals surface area contributed by atoms with Gasteiger partial charge in [-0.05, 0) is 43.5 Å². The summed E-state index contributed by atoms with van der Waals surface area (Å²) in [6.07, 6.45) is 1.67. The van der Waals surface area contributed by atoms with E-state index in [1.165, 1.54) is 5.56 Å². The number of rotatable bonds is 5. The highest BCUT2D eigenvalue weighted by atomic mass is 79.9. The highest BCUT2D eigenvalue weighted by Crippen LogP contribution is 2.40. The van der Waals surface area contributed by atoms with Gasteiger partial charge in [0.05, 0.1) is 31.1 Å². The standard InChI is InChI=1S/C12H12Br3NO2/c13-9-2-10(14)12(16-3-7-5-18-7)11(15)8(9)1-6-4-17-6/h2,6-7,16H,1,3-5H2. The Morgan fingerprint density at radius 2 is 1.78 bits per heavy atom. The molecule has 98 valence electrons. The summed E-state index contributed by atoms with van der Waals surface area (Å²) in [6.45, 7) is 2.58. The maximum Gasteiger partial charge on any atom is 0.0981 e. The molecule has 2 fully saturated rings. The molecule has 1 N–H and O–H groups in total. The van der Waals surface area contributed by atoms with Crippen molar-refractivity contribution >= 4 is 53.5 Å². The fraction of sp³-hybridized carbons (Fsp3) is 0.500. The minimum absolute atomic E-state index is 0.364. The highest BCUT2D eigenvalue weighted by Gasteiger charge is 2.27. The number of benzene rings is 1. The minimum Gasteiger partial charge on any atom is -0.381 e. The van der Waals surface area contributed by atoms with Gasteiger partial charge in [-0.2, -0.15) is 0 Å². The summed E-state index contributed by atoms with van der Waals surface area (Å²) >= 11 is 10.9. The molecule has 2 unspecified atom stereocenters. The van der Waals surface area contributed by atoms with Crippen LogP contribution >= 0.6 is 47.8 Å². The third-order valence-electron chi connectivity index (χ3n) is 3.01. The molecular formula is C12H12Br3NO2. The van der Waals surface area contributed by atoms with Crippen molar-refractivity contribution in [3.63, 3.8) is 0 Å². The van der Waals surface area contributed by atoms with Gasteiger partial charge in [-0.15, -0.1) is 0 Å². The fourth-order valence-corrected chi connectivity index (χ4v) is 4.52. The maximum absolute atomic E-state index is 5.31. The molecule has 0 aliphatic carbocycles. The van der Waals surface area contributed by atoms with Crippen molar-refractivity contribution < 1.29 is 9.47 Å². The first-order valence-electron chi connectivity index (χ1n) is 5.78. The first-order valence-corrected chi connectivity index (χ1v) is 8.16. The smallest absolute Gasteiger partial charge is 0.0981 e. The van der Waals surface area contributed by atoms with Crippen LogP contribution in [0.1, 0.15) is 5.56 Å². The second-order valence-corrected chi connectivity index (χ2v) is 7.01. The normalized spacial score (nSPS) is 25.1. The summed E-state index contributed by atoms with van der Waals surface area (Å²) in [7, 11) is 0. The molecule has 0 amide bonds. The van der Waals surface area contributed by atoms with Crippen LogP contribution < -0.4 is 5.32 Å². The molecule has 2 heterocycles. The Morgan fingerprint density at radius 1 is 1.11 bits per heavy atom. The van der Waals surface area contributed by atoms with Crippen molar-refractivity contribution in [1.29, 1.82) is 0 Å². The number of hydrogen-bond donors (Lipinski definition) is 1. The van der Waals surface area contributed by atoms with E-state index in [9.17, 15) is 0 Å². The van der Waals surface area contributed by atoms with Crippen molar-refractivity contribution in [2.45, 2.75) is 18.6 Å². The van der Waals surface area contributed by atoms with Crippen LogP contribution in [0.15, 0.2) is 19.5 Å². The Labute approximate surface area is 131 Å². The van der Waals surface area contributed by atoms with Crippen LogP contribution in [0, 0.1) is 0 Å². The molecule has 0 aromatic heterocycles. The monoisotopic (exact) mass is 439 g/mol. The van der Waals surface area contributed by atoms with E-state index in [1.807, 2.05) is 0 Å². The second-order valence-electron chi connectivity index (χ2n) is 4.50. The average molecular weight is 442 g/mol. The molecule has 0 bridgehead atoms. The molecule has 2 aliphatic heterocycles. The van der Waals surface area contributed by atoms with E-state index in [2.05, 4.69) is 59.2 Å². The van der Waals surface area contributed by atoms with Crippen molar-refractivity contribution in [1.82, 2.24) is 0 Å². The molecule has 2 atom stereocenters. The van der Waals surface area contributed by atoms with E-state index in [0.717, 1.165) is 45.3 Å². The predicted octanol–water partition coefficient (Wildman–Crippen LogP) is 3.73. The fourth-order valence-electron chi connectivity index (χ4n) is 1.80. The van der Waals surface area contributed by atoms with Gasteiger partial charge in [0, 0.05) is 26.4 Å². The molecule has 1 aromatic carbocycles. The summed E-state index contributed by atoms with van der Waals surface area (Å²) in [6, 6.07) is 2.08. The number of nitrogens with one attached hydrogen (secondary N) is 1. The van der Waals surface area contributed by atoms with Gasteiger partial charge in [0.2, 0.25) is 0 Å². The van der Waals surface area contributed by atoms with Crippen molar-refractivity contribution in [3.8, 4) is 0 Å². The molecular weight excluding hydrogens is 430 g/mol. The molecule has 1 aromatic rings. The van der Waals surface area contributed by atoms with Crippen LogP contribution in [-0.4, -0.2) is 32.0 Å². The lowest BCUT2D eigenvalue weighted by Crippen LogP contribution is -2.10. The van der Waals surface area contributed by atoms with Gasteiger partial charge in [0.15, 0.2) is 0 Å². The van der Waals surface area contributed by atoms with Crippen molar-refractivity contribution in [2.75, 3.05) is 25.1 Å². The summed E-state index contributed by atoms with van der Waals surface area (Å²) in [5.41, 5.74) is 2.34. The van der Waals surface area contributed by atoms with E-state index in [0.29, 0.717) is 12.2 Å². The van der Waals surface area contributed by atoms with E-state index in [-0.39, 0.29) is 0 Å². The zero-order valence-corrected chi connectivity index (χ0v) is 14.3. The molecule has 3 rings (SSSR count). The molecule has 3 nitrogen and oxygen atoms in total. The Kier molecular flexibility index (Phi) is 4.01. The Morgan fingerprint density at radius 3 is 2.39 bits per heavy atom. The number of hydrogen-bond acceptors (Lipinski definition) is 3. The van der Waals surface area contributed by atoms with Crippen LogP contribution in [0.5, 0.6) is 0 Å². The van der Waals surface area contributed by atoms with Crippen LogP contribution in [-0.2, 0) is 15.9 Å². The third kappa shape index (κ3) is 3.10. The lowest BCUT2D eigenvalue weighted by molar-refractivity contribution is 0.407. The number of ether oxygens (including phenoxy) is 2. The van der Waals surface area contributed by atoms with Crippen LogP contribution in [0.4, 0.5) is 5.69 Å². The highest BCUT2D eigenvalue weighted by molar-refractivity contribution is 9.11. The minimum atomic E-state index is 0.364. The average Bonchev–Trinajstić information content (AvgIpc) is 3.18. The van der Waals surface area contributed by atoms with Gasteiger partial charge in [-0.25, -0.2) is 0 Å². The quantitative estimate of drug-likeness (QED) is 0.707. The first-order chi connectivity index (χ1) is 8.65. The Bertz CT molecular complexity index is 473. The molecule has 0 radical (unpaired) electrons. The SMILES string of the molecule is Brc1cc(Br)c(NCC2CO2)c(Br)c1CC1CO1. The van der Waals surface area contributed by atoms with E-state index < -0.39 is 0 Å². The molecule has 2 saturated heterocycles. The second kappa shape index (κ2) is 5.40. The topological polar surface area (TPSA) is 37.1 Å². The summed E-state index contributed by atoms with van der Waals surface area (Å²) < 4.78 is 13.8. The molecule has 6 heteroatoms. The zero-order valence-electron chi connectivity index (χ0n) is 9.51. The van der Waals surface area contributed by atoms with Crippen LogP contribution in [0.3, 0.4) is 0 Å². The number of anilines is 1. The predicted molar refractivity (Wildman–Crippen MR) is 81.2 cm³/mol. The van der Waals surface area contributed by atoms with E-state index in [4.69, 9.17) is 9.47 Å². The van der Waals surface area contributed by atoms with Crippen LogP contribution in [0.2, 0.25) is 0 Å². The van der Waals surface area contributed by atoms with Crippen LogP contribution in [0.25, 0.3) is 0 Å². The maximum atomic E-state index is 5.31. The molecule has 18 heavy (non-hydrogen) atoms. The van der Waals surface area contributed by atoms with E-state index >= 15 is 0 Å².